The van der Waals surface area contributed by atoms with Crippen molar-refractivity contribution < 1.29 is 8.42 Å². The molecule has 0 radical (unpaired) electrons. The minimum Gasteiger partial charge on any atom is -0.311 e. The fraction of sp³-hybridized carbons (Fsp3) is 0.818. The Kier molecular flexibility index (Phi) is 4.34. The van der Waals surface area contributed by atoms with Crippen LogP contribution in [0.5, 0.6) is 0 Å². The van der Waals surface area contributed by atoms with Gasteiger partial charge >= 0.3 is 0 Å². The van der Waals surface area contributed by atoms with Crippen LogP contribution in [0.3, 0.4) is 0 Å². The molecule has 0 bridgehead atoms. The Morgan fingerprint density at radius 1 is 1.50 bits per heavy atom. The fourth-order valence-electron chi connectivity index (χ4n) is 2.81. The Hall–Kier alpha value is -0.530. The topological polar surface area (TPSA) is 72.0 Å². The van der Waals surface area contributed by atoms with Gasteiger partial charge in [0.1, 0.15) is 9.84 Å². The molecule has 1 heterocycles. The van der Waals surface area contributed by atoms with Crippen molar-refractivity contribution in [3.8, 4) is 0 Å². The Bertz CT molecular complexity index is 472. The lowest BCUT2D eigenvalue weighted by molar-refractivity contribution is 0.279. The van der Waals surface area contributed by atoms with E-state index >= 15 is 0 Å². The summed E-state index contributed by atoms with van der Waals surface area (Å²) in [5, 5.41) is 3.06. The highest BCUT2D eigenvalue weighted by Crippen LogP contribution is 2.36. The molecule has 1 aliphatic carbocycles. The first-order valence-electron chi connectivity index (χ1n) is 6.16. The molecule has 0 amide bonds. The van der Waals surface area contributed by atoms with E-state index in [-0.39, 0.29) is 11.3 Å². The first-order valence-corrected chi connectivity index (χ1v) is 8.84. The predicted octanol–water partition coefficient (Wildman–Crippen LogP) is 1.40. The average Bonchev–Trinajstić information content (AvgIpc) is 2.83. The number of hydrogen-bond donors (Lipinski definition) is 1. The molecular formula is C11H19N3O2S2. The minimum atomic E-state index is -2.93. The van der Waals surface area contributed by atoms with Gasteiger partial charge in [0.25, 0.3) is 0 Å². The molecule has 7 heteroatoms. The van der Waals surface area contributed by atoms with E-state index in [1.165, 1.54) is 18.0 Å². The first kappa shape index (κ1) is 13.9. The highest BCUT2D eigenvalue weighted by Gasteiger charge is 2.33. The van der Waals surface area contributed by atoms with E-state index in [2.05, 4.69) is 14.1 Å². The first-order chi connectivity index (χ1) is 8.52. The van der Waals surface area contributed by atoms with Gasteiger partial charge in [-0.2, -0.15) is 8.75 Å². The van der Waals surface area contributed by atoms with Crippen LogP contribution < -0.4 is 5.32 Å². The molecule has 0 aliphatic heterocycles. The molecule has 1 aromatic heterocycles. The third-order valence-electron chi connectivity index (χ3n) is 3.75. The summed E-state index contributed by atoms with van der Waals surface area (Å²) in [5.41, 5.74) is 0.932. The Balaban J connectivity index is 2.12. The van der Waals surface area contributed by atoms with Crippen molar-refractivity contribution in [1.82, 2.24) is 14.1 Å². The summed E-state index contributed by atoms with van der Waals surface area (Å²) in [6.45, 7) is 0. The van der Waals surface area contributed by atoms with Crippen molar-refractivity contribution in [1.29, 1.82) is 0 Å². The zero-order chi connectivity index (χ0) is 13.2. The second-order valence-corrected chi connectivity index (χ2v) is 7.86. The van der Waals surface area contributed by atoms with Crippen LogP contribution in [0.25, 0.3) is 0 Å². The van der Waals surface area contributed by atoms with E-state index in [0.29, 0.717) is 5.92 Å². The summed E-state index contributed by atoms with van der Waals surface area (Å²) in [4.78, 5) is 0. The molecule has 0 saturated heterocycles. The molecule has 1 aliphatic rings. The molecule has 3 unspecified atom stereocenters. The normalized spacial score (nSPS) is 27.0. The maximum Gasteiger partial charge on any atom is 0.150 e. The number of nitrogens with zero attached hydrogens (tertiary/aromatic N) is 2. The molecule has 2 rings (SSSR count). The number of sulfone groups is 1. The maximum atomic E-state index is 11.7. The largest absolute Gasteiger partial charge is 0.311 e. The van der Waals surface area contributed by atoms with Gasteiger partial charge in [-0.15, -0.1) is 0 Å². The second-order valence-electron chi connectivity index (χ2n) is 4.98. The average molecular weight is 289 g/mol. The highest BCUT2D eigenvalue weighted by atomic mass is 32.2. The summed E-state index contributed by atoms with van der Waals surface area (Å²) < 4.78 is 31.7. The molecule has 0 spiro atoms. The van der Waals surface area contributed by atoms with E-state index in [9.17, 15) is 8.42 Å². The molecule has 18 heavy (non-hydrogen) atoms. The quantitative estimate of drug-likeness (QED) is 0.907. The van der Waals surface area contributed by atoms with Crippen molar-refractivity contribution >= 4 is 21.6 Å². The van der Waals surface area contributed by atoms with Crippen LogP contribution in [0.4, 0.5) is 0 Å². The third-order valence-corrected chi connectivity index (χ3v) is 5.88. The predicted molar refractivity (Wildman–Crippen MR) is 72.3 cm³/mol. The fourth-order valence-corrected chi connectivity index (χ4v) is 4.46. The van der Waals surface area contributed by atoms with Crippen LogP contribution in [0.1, 0.15) is 37.4 Å². The van der Waals surface area contributed by atoms with E-state index in [0.717, 1.165) is 31.4 Å². The third kappa shape index (κ3) is 3.07. The van der Waals surface area contributed by atoms with Gasteiger partial charge in [-0.3, -0.25) is 0 Å². The van der Waals surface area contributed by atoms with Crippen LogP contribution in [0.15, 0.2) is 6.20 Å². The summed E-state index contributed by atoms with van der Waals surface area (Å²) in [5.74, 6) is 0.326. The van der Waals surface area contributed by atoms with Gasteiger partial charge in [0.15, 0.2) is 0 Å². The van der Waals surface area contributed by atoms with Gasteiger partial charge < -0.3 is 5.32 Å². The highest BCUT2D eigenvalue weighted by molar-refractivity contribution is 7.91. The van der Waals surface area contributed by atoms with Gasteiger partial charge in [-0.25, -0.2) is 8.42 Å². The number of hydrogen-bond acceptors (Lipinski definition) is 6. The molecule has 5 nitrogen and oxygen atoms in total. The molecule has 102 valence electrons. The smallest absolute Gasteiger partial charge is 0.150 e. The van der Waals surface area contributed by atoms with Gasteiger partial charge in [-0.05, 0) is 32.2 Å². The van der Waals surface area contributed by atoms with Crippen LogP contribution in [0, 0.1) is 5.92 Å². The van der Waals surface area contributed by atoms with Crippen LogP contribution in [0.2, 0.25) is 0 Å². The van der Waals surface area contributed by atoms with Gasteiger partial charge in [0.2, 0.25) is 0 Å². The number of aromatic nitrogens is 2. The van der Waals surface area contributed by atoms with Crippen molar-refractivity contribution in [3.05, 3.63) is 11.9 Å². The van der Waals surface area contributed by atoms with E-state index in [1.54, 1.807) is 6.20 Å². The van der Waals surface area contributed by atoms with E-state index in [1.807, 2.05) is 7.05 Å². The lowest BCUT2D eigenvalue weighted by Gasteiger charge is -2.32. The SMILES string of the molecule is CNC(c1cnsn1)C1CCCC(S(C)(=O)=O)C1. The minimum absolute atomic E-state index is 0.119. The van der Waals surface area contributed by atoms with Crippen molar-refractivity contribution in [2.45, 2.75) is 37.0 Å². The molecule has 0 aromatic carbocycles. The van der Waals surface area contributed by atoms with Crippen molar-refractivity contribution in [2.24, 2.45) is 5.92 Å². The van der Waals surface area contributed by atoms with Crippen LogP contribution >= 0.6 is 11.7 Å². The number of nitrogens with one attached hydrogen (secondary N) is 1. The molecule has 3 atom stereocenters. The zero-order valence-electron chi connectivity index (χ0n) is 10.7. The Labute approximate surface area is 112 Å². The lowest BCUT2D eigenvalue weighted by Crippen LogP contribution is -2.34. The van der Waals surface area contributed by atoms with Crippen molar-refractivity contribution in [2.75, 3.05) is 13.3 Å². The van der Waals surface area contributed by atoms with Crippen molar-refractivity contribution in [3.63, 3.8) is 0 Å². The summed E-state index contributed by atoms with van der Waals surface area (Å²) >= 11 is 1.20. The summed E-state index contributed by atoms with van der Waals surface area (Å²) in [6, 6.07) is 0.119. The molecule has 1 N–H and O–H groups in total. The Morgan fingerprint density at radius 3 is 2.83 bits per heavy atom. The maximum absolute atomic E-state index is 11.7. The van der Waals surface area contributed by atoms with E-state index in [4.69, 9.17) is 0 Å². The standard InChI is InChI=1S/C11H19N3O2S2/c1-12-11(10-7-13-17-14-10)8-4-3-5-9(6-8)18(2,15)16/h7-9,11-12H,3-6H2,1-2H3. The lowest BCUT2D eigenvalue weighted by atomic mass is 9.82. The molecule has 1 fully saturated rings. The van der Waals surface area contributed by atoms with Gasteiger partial charge in [-0.1, -0.05) is 6.42 Å². The Morgan fingerprint density at radius 2 is 2.28 bits per heavy atom. The summed E-state index contributed by atoms with van der Waals surface area (Å²) in [7, 11) is -1.03. The van der Waals surface area contributed by atoms with Crippen LogP contribution in [-0.2, 0) is 9.84 Å². The van der Waals surface area contributed by atoms with Crippen LogP contribution in [-0.4, -0.2) is 35.7 Å². The zero-order valence-corrected chi connectivity index (χ0v) is 12.3. The van der Waals surface area contributed by atoms with Gasteiger partial charge in [0, 0.05) is 6.26 Å². The molecule has 1 aromatic rings. The monoisotopic (exact) mass is 289 g/mol. The second kappa shape index (κ2) is 5.63. The molecular weight excluding hydrogens is 270 g/mol. The molecule has 1 saturated carbocycles. The van der Waals surface area contributed by atoms with E-state index < -0.39 is 9.84 Å². The number of rotatable bonds is 4. The summed E-state index contributed by atoms with van der Waals surface area (Å²) in [6.07, 6.45) is 6.66. The van der Waals surface area contributed by atoms with Gasteiger partial charge in [0.05, 0.1) is 34.9 Å².